The van der Waals surface area contributed by atoms with Gasteiger partial charge in [0.15, 0.2) is 0 Å². The Balaban J connectivity index is 1.31. The van der Waals surface area contributed by atoms with Crippen molar-refractivity contribution >= 4 is 43.6 Å². The first-order chi connectivity index (χ1) is 16.2. The molecule has 4 aromatic carbocycles. The van der Waals surface area contributed by atoms with E-state index in [0.29, 0.717) is 12.1 Å². The third-order valence-corrected chi connectivity index (χ3v) is 6.33. The fourth-order valence-electron chi connectivity index (χ4n) is 4.19. The minimum Gasteiger partial charge on any atom is -0.352 e. The number of nitrogens with one attached hydrogen (secondary N) is 1. The topological polar surface area (TPSA) is 46.9 Å². The first-order valence-electron chi connectivity index (χ1n) is 11.1. The lowest BCUT2D eigenvalue weighted by molar-refractivity contribution is 0.0953. The average Bonchev–Trinajstić information content (AvgIpc) is 3.19. The Morgan fingerprint density at radius 3 is 2.58 bits per heavy atom. The van der Waals surface area contributed by atoms with E-state index >= 15 is 0 Å². The minimum absolute atomic E-state index is 0.0547. The predicted octanol–water partition coefficient (Wildman–Crippen LogP) is 6.36. The molecule has 0 bridgehead atoms. The van der Waals surface area contributed by atoms with E-state index in [1.165, 1.54) is 16.3 Å². The number of rotatable bonds is 7. The van der Waals surface area contributed by atoms with E-state index in [-0.39, 0.29) is 5.91 Å². The predicted molar refractivity (Wildman–Crippen MR) is 138 cm³/mol. The highest BCUT2D eigenvalue weighted by atomic mass is 79.9. The summed E-state index contributed by atoms with van der Waals surface area (Å²) in [4.78, 5) is 17.3. The summed E-state index contributed by atoms with van der Waals surface area (Å²) >= 11 is 3.42. The van der Waals surface area contributed by atoms with Crippen molar-refractivity contribution in [2.45, 2.75) is 19.4 Å². The highest BCUT2D eigenvalue weighted by molar-refractivity contribution is 9.10. The number of hydrogen-bond donors (Lipinski definition) is 1. The zero-order valence-electron chi connectivity index (χ0n) is 18.2. The molecule has 0 saturated heterocycles. The first-order valence-corrected chi connectivity index (χ1v) is 11.9. The normalized spacial score (nSPS) is 11.2. The van der Waals surface area contributed by atoms with Crippen LogP contribution >= 0.6 is 15.9 Å². The first kappa shape index (κ1) is 21.4. The molecule has 0 aliphatic carbocycles. The molecule has 0 saturated carbocycles. The van der Waals surface area contributed by atoms with E-state index in [0.717, 1.165) is 40.7 Å². The van der Waals surface area contributed by atoms with Gasteiger partial charge < -0.3 is 9.88 Å². The lowest BCUT2D eigenvalue weighted by atomic mass is 10.1. The number of aromatic nitrogens is 2. The van der Waals surface area contributed by atoms with E-state index in [9.17, 15) is 4.79 Å². The van der Waals surface area contributed by atoms with Gasteiger partial charge in [0.2, 0.25) is 0 Å². The molecule has 0 spiro atoms. The fourth-order valence-corrected chi connectivity index (χ4v) is 4.59. The van der Waals surface area contributed by atoms with Crippen LogP contribution < -0.4 is 5.32 Å². The van der Waals surface area contributed by atoms with Gasteiger partial charge in [-0.05, 0) is 59.2 Å². The standard InChI is InChI=1S/C28H24BrN3O/c29-24-10-5-9-23(18-24)28(33)30-16-6-13-27-31-25-11-3-4-12-26(25)32(27)19-20-14-15-21-7-1-2-8-22(21)17-20/h1-5,7-12,14-15,17-18H,6,13,16,19H2,(H,30,33). The molecule has 0 radical (unpaired) electrons. The molecule has 1 heterocycles. The maximum atomic E-state index is 12.4. The van der Waals surface area contributed by atoms with Gasteiger partial charge in [-0.1, -0.05) is 70.5 Å². The second kappa shape index (κ2) is 9.59. The van der Waals surface area contributed by atoms with Crippen LogP contribution in [-0.4, -0.2) is 22.0 Å². The number of imidazole rings is 1. The Kier molecular flexibility index (Phi) is 6.22. The van der Waals surface area contributed by atoms with Crippen LogP contribution in [0.15, 0.2) is 95.5 Å². The molecule has 5 heteroatoms. The van der Waals surface area contributed by atoms with Gasteiger partial charge in [-0.2, -0.15) is 0 Å². The van der Waals surface area contributed by atoms with E-state index in [1.807, 2.05) is 30.3 Å². The van der Waals surface area contributed by atoms with Crippen LogP contribution in [0, 0.1) is 0 Å². The Morgan fingerprint density at radius 2 is 1.70 bits per heavy atom. The monoisotopic (exact) mass is 497 g/mol. The number of nitrogens with zero attached hydrogens (tertiary/aromatic N) is 2. The molecular formula is C28H24BrN3O. The summed E-state index contributed by atoms with van der Waals surface area (Å²) in [7, 11) is 0. The third-order valence-electron chi connectivity index (χ3n) is 5.84. The molecular weight excluding hydrogens is 474 g/mol. The van der Waals surface area contributed by atoms with Crippen LogP contribution in [0.1, 0.15) is 28.2 Å². The molecule has 164 valence electrons. The number of benzene rings is 4. The van der Waals surface area contributed by atoms with Gasteiger partial charge in [0, 0.05) is 29.5 Å². The van der Waals surface area contributed by atoms with Crippen molar-refractivity contribution in [3.05, 3.63) is 112 Å². The second-order valence-electron chi connectivity index (χ2n) is 8.15. The zero-order chi connectivity index (χ0) is 22.6. The summed E-state index contributed by atoms with van der Waals surface area (Å²) < 4.78 is 3.20. The maximum Gasteiger partial charge on any atom is 0.251 e. The van der Waals surface area contributed by atoms with Crippen molar-refractivity contribution in [1.29, 1.82) is 0 Å². The van der Waals surface area contributed by atoms with Gasteiger partial charge in [0.05, 0.1) is 11.0 Å². The summed E-state index contributed by atoms with van der Waals surface area (Å²) in [5.41, 5.74) is 4.05. The molecule has 5 rings (SSSR count). The molecule has 1 N–H and O–H groups in total. The third kappa shape index (κ3) is 4.83. The van der Waals surface area contributed by atoms with Crippen molar-refractivity contribution in [3.8, 4) is 0 Å². The summed E-state index contributed by atoms with van der Waals surface area (Å²) in [6, 6.07) is 30.8. The van der Waals surface area contributed by atoms with Crippen LogP contribution in [0.2, 0.25) is 0 Å². The number of carbonyl (C=O) groups is 1. The van der Waals surface area contributed by atoms with Gasteiger partial charge in [0.25, 0.3) is 5.91 Å². The fraction of sp³-hybridized carbons (Fsp3) is 0.143. The zero-order valence-corrected chi connectivity index (χ0v) is 19.8. The van der Waals surface area contributed by atoms with E-state index in [1.54, 1.807) is 0 Å². The van der Waals surface area contributed by atoms with E-state index in [2.05, 4.69) is 86.5 Å². The van der Waals surface area contributed by atoms with E-state index in [4.69, 9.17) is 4.98 Å². The summed E-state index contributed by atoms with van der Waals surface area (Å²) in [5, 5.41) is 5.52. The summed E-state index contributed by atoms with van der Waals surface area (Å²) in [6.45, 7) is 1.37. The van der Waals surface area contributed by atoms with Gasteiger partial charge in [-0.3, -0.25) is 4.79 Å². The molecule has 0 aliphatic heterocycles. The number of carbonyl (C=O) groups excluding carboxylic acids is 1. The van der Waals surface area contributed by atoms with Gasteiger partial charge in [0.1, 0.15) is 5.82 Å². The minimum atomic E-state index is -0.0547. The SMILES string of the molecule is O=C(NCCCc1nc2ccccc2n1Cc1ccc2ccccc2c1)c1cccc(Br)c1. The van der Waals surface area contributed by atoms with Crippen molar-refractivity contribution in [1.82, 2.24) is 14.9 Å². The number of para-hydroxylation sites is 2. The molecule has 0 atom stereocenters. The number of amides is 1. The van der Waals surface area contributed by atoms with E-state index < -0.39 is 0 Å². The van der Waals surface area contributed by atoms with Crippen molar-refractivity contribution < 1.29 is 4.79 Å². The maximum absolute atomic E-state index is 12.4. The highest BCUT2D eigenvalue weighted by Crippen LogP contribution is 2.21. The largest absolute Gasteiger partial charge is 0.352 e. The molecule has 1 aromatic heterocycles. The number of halogens is 1. The Morgan fingerprint density at radius 1 is 0.879 bits per heavy atom. The van der Waals surface area contributed by atoms with Crippen molar-refractivity contribution in [3.63, 3.8) is 0 Å². The van der Waals surface area contributed by atoms with Gasteiger partial charge in [-0.25, -0.2) is 4.98 Å². The van der Waals surface area contributed by atoms with Crippen LogP contribution in [0.4, 0.5) is 0 Å². The summed E-state index contributed by atoms with van der Waals surface area (Å²) in [5.74, 6) is 0.988. The average molecular weight is 498 g/mol. The molecule has 0 aliphatic rings. The smallest absolute Gasteiger partial charge is 0.251 e. The number of fused-ring (bicyclic) bond motifs is 2. The van der Waals surface area contributed by atoms with Crippen LogP contribution in [-0.2, 0) is 13.0 Å². The molecule has 33 heavy (non-hydrogen) atoms. The van der Waals surface area contributed by atoms with Gasteiger partial charge in [-0.15, -0.1) is 0 Å². The van der Waals surface area contributed by atoms with Crippen LogP contribution in [0.5, 0.6) is 0 Å². The van der Waals surface area contributed by atoms with Gasteiger partial charge >= 0.3 is 0 Å². The Labute approximate surface area is 201 Å². The van der Waals surface area contributed by atoms with Crippen LogP contribution in [0.25, 0.3) is 21.8 Å². The highest BCUT2D eigenvalue weighted by Gasteiger charge is 2.12. The molecule has 4 nitrogen and oxygen atoms in total. The van der Waals surface area contributed by atoms with Crippen LogP contribution in [0.3, 0.4) is 0 Å². The van der Waals surface area contributed by atoms with Crippen molar-refractivity contribution in [2.24, 2.45) is 0 Å². The molecule has 0 fully saturated rings. The lowest BCUT2D eigenvalue weighted by Gasteiger charge is -2.11. The molecule has 0 unspecified atom stereocenters. The number of aryl methyl sites for hydroxylation is 1. The quantitative estimate of drug-likeness (QED) is 0.266. The lowest BCUT2D eigenvalue weighted by Crippen LogP contribution is -2.25. The number of hydrogen-bond acceptors (Lipinski definition) is 2. The molecule has 1 amide bonds. The Bertz CT molecular complexity index is 1440. The molecule has 5 aromatic rings. The Hall–Kier alpha value is -3.44. The second-order valence-corrected chi connectivity index (χ2v) is 9.07. The van der Waals surface area contributed by atoms with Crippen molar-refractivity contribution in [2.75, 3.05) is 6.54 Å². The summed E-state index contributed by atoms with van der Waals surface area (Å²) in [6.07, 6.45) is 1.61.